The van der Waals surface area contributed by atoms with Crippen LogP contribution < -0.4 is 0 Å². The van der Waals surface area contributed by atoms with E-state index in [0.29, 0.717) is 0 Å². The maximum absolute atomic E-state index is 0. The van der Waals surface area contributed by atoms with E-state index in [0.717, 1.165) is 0 Å². The van der Waals surface area contributed by atoms with Crippen molar-refractivity contribution in [1.29, 1.82) is 0 Å². The first-order valence-corrected chi connectivity index (χ1v) is 0. The van der Waals surface area contributed by atoms with Gasteiger partial charge in [-0.05, 0) is 0 Å². The van der Waals surface area contributed by atoms with Crippen LogP contribution in [-0.2, 0) is 68.0 Å². The summed E-state index contributed by atoms with van der Waals surface area (Å²) in [6, 6.07) is 0. The van der Waals surface area contributed by atoms with Crippen molar-refractivity contribution in [2.75, 3.05) is 0 Å². The standard InChI is InChI=1S/Cr.Cu.Mn.Ni.Pb. The third kappa shape index (κ3) is 19.5. The van der Waals surface area contributed by atoms with Crippen molar-refractivity contribution < 1.29 is 68.0 Å². The maximum Gasteiger partial charge on any atom is 0 e. The number of hydrogen-bond acceptors (Lipinski definition) is 0. The number of hydrogen-bond donors (Lipinski definition) is 0. The van der Waals surface area contributed by atoms with Crippen LogP contribution >= 0.6 is 0 Å². The Bertz CT molecular complexity index is 11.6. The Balaban J connectivity index is 0. The molecule has 0 nitrogen and oxygen atoms in total. The minimum atomic E-state index is 0. The van der Waals surface area contributed by atoms with Gasteiger partial charge in [0.2, 0.25) is 0 Å². The second kappa shape index (κ2) is 28.1. The van der Waals surface area contributed by atoms with Crippen LogP contribution in [0.25, 0.3) is 0 Å². The van der Waals surface area contributed by atoms with Crippen molar-refractivity contribution in [1.82, 2.24) is 0 Å². The minimum absolute atomic E-state index is 0. The molecule has 6 radical (unpaired) electrons. The summed E-state index contributed by atoms with van der Waals surface area (Å²) in [7, 11) is 0. The summed E-state index contributed by atoms with van der Waals surface area (Å²) < 4.78 is 0. The largest absolute Gasteiger partial charge is 0 e. The molecule has 0 bridgehead atoms. The zero-order valence-corrected chi connectivity index (χ0v) is 10.2. The van der Waals surface area contributed by atoms with Crippen molar-refractivity contribution in [3.05, 3.63) is 0 Å². The molecule has 0 unspecified atom stereocenters. The molecule has 0 atom stereocenters. The van der Waals surface area contributed by atoms with E-state index in [2.05, 4.69) is 0 Å². The first kappa shape index (κ1) is 43.7. The first-order valence-electron chi connectivity index (χ1n) is 0. The van der Waals surface area contributed by atoms with Crippen molar-refractivity contribution in [3.8, 4) is 0 Å². The van der Waals surface area contributed by atoms with Crippen LogP contribution in [0.4, 0.5) is 0 Å². The summed E-state index contributed by atoms with van der Waals surface area (Å²) in [6.45, 7) is 0. The van der Waals surface area contributed by atoms with E-state index in [-0.39, 0.29) is 95.3 Å². The van der Waals surface area contributed by atoms with E-state index in [9.17, 15) is 0 Å². The molecule has 0 N–H and O–H groups in total. The van der Waals surface area contributed by atoms with Gasteiger partial charge in [0.1, 0.15) is 0 Å². The molecule has 5 heteroatoms. The molecule has 0 aliphatic carbocycles. The van der Waals surface area contributed by atoms with Gasteiger partial charge in [-0.2, -0.15) is 0 Å². The van der Waals surface area contributed by atoms with Gasteiger partial charge in [0, 0.05) is 95.3 Å². The molecule has 0 aliphatic rings. The summed E-state index contributed by atoms with van der Waals surface area (Å²) in [5.74, 6) is 0. The topological polar surface area (TPSA) is 0 Å². The van der Waals surface area contributed by atoms with Crippen molar-refractivity contribution in [3.63, 3.8) is 0 Å². The molecule has 0 aromatic rings. The van der Waals surface area contributed by atoms with Gasteiger partial charge in [0.15, 0.2) is 0 Å². The zero-order chi connectivity index (χ0) is 0. The molecule has 0 rings (SSSR count). The van der Waals surface area contributed by atoms with E-state index in [1.807, 2.05) is 0 Å². The van der Waals surface area contributed by atoms with E-state index in [4.69, 9.17) is 0 Å². The van der Waals surface area contributed by atoms with Crippen LogP contribution in [0, 0.1) is 0 Å². The Labute approximate surface area is 93.8 Å². The fourth-order valence-corrected chi connectivity index (χ4v) is 0. The second-order valence-electron chi connectivity index (χ2n) is 0. The Morgan fingerprint density at radius 3 is 1.00 bits per heavy atom. The third-order valence-corrected chi connectivity index (χ3v) is 0. The summed E-state index contributed by atoms with van der Waals surface area (Å²) >= 11 is 0. The average Bonchev–Trinajstić information content (AvgIpc) is 0. The van der Waals surface area contributed by atoms with Crippen LogP contribution in [0.5, 0.6) is 0 Å². The van der Waals surface area contributed by atoms with Crippen LogP contribution in [0.2, 0.25) is 0 Å². The Kier molecular flexibility index (Phi) is 245. The quantitative estimate of drug-likeness (QED) is 0.454. The van der Waals surface area contributed by atoms with Gasteiger partial charge in [0.05, 0.1) is 0 Å². The van der Waals surface area contributed by atoms with Gasteiger partial charge >= 0.3 is 0 Å². The Hall–Kier alpha value is 2.99. The average molecular weight is 436 g/mol. The van der Waals surface area contributed by atoms with Gasteiger partial charge < -0.3 is 0 Å². The third-order valence-electron chi connectivity index (χ3n) is 0. The molecule has 0 aromatic heterocycles. The fraction of sp³-hybridized carbons (Fsp3) is 0. The predicted octanol–water partition coefficient (Wildman–Crippen LogP) is -0.391. The predicted molar refractivity (Wildman–Crippen MR) is 5.75 cm³/mol. The van der Waals surface area contributed by atoms with Crippen LogP contribution in [0.1, 0.15) is 0 Å². The molecule has 0 spiro atoms. The summed E-state index contributed by atoms with van der Waals surface area (Å²) in [4.78, 5) is 0. The first-order chi connectivity index (χ1) is 0. The van der Waals surface area contributed by atoms with Gasteiger partial charge in [-0.1, -0.05) is 0 Å². The second-order valence-corrected chi connectivity index (χ2v) is 0. The molecular formula is CrCuMnNiPb. The zero-order valence-electron chi connectivity index (χ0n) is 1.90. The molecule has 38 valence electrons. The van der Waals surface area contributed by atoms with Crippen molar-refractivity contribution in [2.24, 2.45) is 0 Å². The van der Waals surface area contributed by atoms with Crippen LogP contribution in [-0.4, -0.2) is 27.3 Å². The maximum atomic E-state index is 0. The molecule has 0 fully saturated rings. The fourth-order valence-electron chi connectivity index (χ4n) is 0. The van der Waals surface area contributed by atoms with Gasteiger partial charge in [-0.25, -0.2) is 0 Å². The molecule has 0 aromatic carbocycles. The summed E-state index contributed by atoms with van der Waals surface area (Å²) in [6.07, 6.45) is 0. The SMILES string of the molecule is [Cr].[Cu].[Mn].[Ni].[Pb]. The monoisotopic (exact) mass is 436 g/mol. The van der Waals surface area contributed by atoms with E-state index in [1.165, 1.54) is 0 Å². The molecule has 0 saturated carbocycles. The van der Waals surface area contributed by atoms with E-state index in [1.54, 1.807) is 0 Å². The van der Waals surface area contributed by atoms with Gasteiger partial charge in [-0.3, -0.25) is 0 Å². The van der Waals surface area contributed by atoms with Crippen LogP contribution in [0.3, 0.4) is 0 Å². The van der Waals surface area contributed by atoms with Gasteiger partial charge in [0.25, 0.3) is 0 Å². The molecule has 5 heavy (non-hydrogen) atoms. The van der Waals surface area contributed by atoms with Crippen molar-refractivity contribution >= 4 is 27.3 Å². The van der Waals surface area contributed by atoms with Gasteiger partial charge in [-0.15, -0.1) is 0 Å². The summed E-state index contributed by atoms with van der Waals surface area (Å²) in [5, 5.41) is 0. The Morgan fingerprint density at radius 2 is 1.00 bits per heavy atom. The number of rotatable bonds is 0. The van der Waals surface area contributed by atoms with Crippen LogP contribution in [0.15, 0.2) is 0 Å². The smallest absolute Gasteiger partial charge is 0 e. The molecular weight excluding hydrogens is 436 g/mol. The minimum Gasteiger partial charge on any atom is 0 e. The molecule has 0 aliphatic heterocycles. The normalized spacial score (nSPS) is 0. The molecule has 0 amide bonds. The molecule has 0 heterocycles. The summed E-state index contributed by atoms with van der Waals surface area (Å²) in [5.41, 5.74) is 0. The Morgan fingerprint density at radius 1 is 1.00 bits per heavy atom. The van der Waals surface area contributed by atoms with Crippen molar-refractivity contribution in [2.45, 2.75) is 0 Å². The molecule has 0 saturated heterocycles. The van der Waals surface area contributed by atoms with E-state index >= 15 is 0 Å². The van der Waals surface area contributed by atoms with E-state index < -0.39 is 0 Å².